The smallest absolute Gasteiger partial charge is 0.277 e. The summed E-state index contributed by atoms with van der Waals surface area (Å²) in [6.45, 7) is 4.00. The normalized spacial score (nSPS) is 10.4. The molecule has 0 atom stereocenters. The maximum absolute atomic E-state index is 12.1. The van der Waals surface area contributed by atoms with E-state index in [1.807, 2.05) is 26.0 Å². The maximum atomic E-state index is 12.1. The molecular formula is C13H14BrN3O. The van der Waals surface area contributed by atoms with Gasteiger partial charge in [-0.25, -0.2) is 0 Å². The van der Waals surface area contributed by atoms with Gasteiger partial charge in [-0.05, 0) is 53.0 Å². The van der Waals surface area contributed by atoms with Gasteiger partial charge >= 0.3 is 0 Å². The van der Waals surface area contributed by atoms with Crippen LogP contribution in [0.1, 0.15) is 21.6 Å². The summed E-state index contributed by atoms with van der Waals surface area (Å²) >= 11 is 3.32. The van der Waals surface area contributed by atoms with E-state index >= 15 is 0 Å². The second-order valence-electron chi connectivity index (χ2n) is 4.33. The molecule has 1 heterocycles. The first kappa shape index (κ1) is 12.8. The molecule has 0 saturated heterocycles. The van der Waals surface area contributed by atoms with Crippen LogP contribution in [0.25, 0.3) is 0 Å². The molecule has 0 aliphatic rings. The zero-order valence-corrected chi connectivity index (χ0v) is 12.1. The number of carbonyl (C=O) groups excluding carboxylic acids is 1. The molecule has 0 aliphatic carbocycles. The van der Waals surface area contributed by atoms with Crippen LogP contribution < -0.4 is 5.32 Å². The van der Waals surface area contributed by atoms with Crippen LogP contribution in [0.2, 0.25) is 0 Å². The number of anilines is 1. The molecule has 0 saturated carbocycles. The average Bonchev–Trinajstić information content (AvgIpc) is 2.56. The fourth-order valence-electron chi connectivity index (χ4n) is 1.85. The van der Waals surface area contributed by atoms with E-state index in [0.717, 1.165) is 16.8 Å². The lowest BCUT2D eigenvalue weighted by molar-refractivity contribution is 0.102. The molecule has 1 N–H and O–H groups in total. The van der Waals surface area contributed by atoms with Crippen molar-refractivity contribution in [2.45, 2.75) is 13.8 Å². The Balaban J connectivity index is 2.23. The minimum atomic E-state index is -0.215. The lowest BCUT2D eigenvalue weighted by Gasteiger charge is -2.06. The van der Waals surface area contributed by atoms with E-state index in [1.54, 1.807) is 17.9 Å². The minimum absolute atomic E-state index is 0.215. The molecule has 5 heteroatoms. The van der Waals surface area contributed by atoms with Crippen LogP contribution in [0.3, 0.4) is 0 Å². The molecule has 0 bridgehead atoms. The number of benzene rings is 1. The van der Waals surface area contributed by atoms with Crippen molar-refractivity contribution in [3.8, 4) is 0 Å². The third kappa shape index (κ3) is 2.79. The first-order chi connectivity index (χ1) is 8.45. The molecular weight excluding hydrogens is 294 g/mol. The highest BCUT2D eigenvalue weighted by Gasteiger charge is 2.14. The standard InChI is InChI=1S/C13H14BrN3O/c1-8-4-9(2)6-10(5-8)15-13(18)12-11(14)7-17(3)16-12/h4-7H,1-3H3,(H,15,18). The Morgan fingerprint density at radius 2 is 1.89 bits per heavy atom. The molecule has 0 fully saturated rings. The number of rotatable bonds is 2. The fraction of sp³-hybridized carbons (Fsp3) is 0.231. The topological polar surface area (TPSA) is 46.9 Å². The summed E-state index contributed by atoms with van der Waals surface area (Å²) in [5.74, 6) is -0.215. The zero-order valence-electron chi connectivity index (χ0n) is 10.5. The summed E-state index contributed by atoms with van der Waals surface area (Å²) in [5, 5.41) is 6.96. The summed E-state index contributed by atoms with van der Waals surface area (Å²) in [5.41, 5.74) is 3.41. The van der Waals surface area contributed by atoms with Gasteiger partial charge in [-0.3, -0.25) is 9.48 Å². The van der Waals surface area contributed by atoms with Gasteiger partial charge < -0.3 is 5.32 Å². The third-order valence-corrected chi connectivity index (χ3v) is 3.06. The summed E-state index contributed by atoms with van der Waals surface area (Å²) in [6, 6.07) is 5.93. The Morgan fingerprint density at radius 1 is 1.28 bits per heavy atom. The zero-order chi connectivity index (χ0) is 13.3. The number of nitrogens with one attached hydrogen (secondary N) is 1. The Morgan fingerprint density at radius 3 is 2.39 bits per heavy atom. The molecule has 0 aliphatic heterocycles. The van der Waals surface area contributed by atoms with Crippen LogP contribution in [-0.4, -0.2) is 15.7 Å². The second-order valence-corrected chi connectivity index (χ2v) is 5.18. The van der Waals surface area contributed by atoms with Gasteiger partial charge in [0.05, 0.1) is 4.47 Å². The van der Waals surface area contributed by atoms with Gasteiger partial charge in [0.1, 0.15) is 0 Å². The number of aryl methyl sites for hydroxylation is 3. The van der Waals surface area contributed by atoms with Gasteiger partial charge in [-0.1, -0.05) is 6.07 Å². The van der Waals surface area contributed by atoms with Crippen molar-refractivity contribution in [3.63, 3.8) is 0 Å². The summed E-state index contributed by atoms with van der Waals surface area (Å²) < 4.78 is 2.28. The average molecular weight is 308 g/mol. The van der Waals surface area contributed by atoms with Gasteiger partial charge in [0.2, 0.25) is 0 Å². The third-order valence-electron chi connectivity index (χ3n) is 2.48. The Bertz CT molecular complexity index is 584. The molecule has 0 unspecified atom stereocenters. The van der Waals surface area contributed by atoms with Crippen molar-refractivity contribution in [3.05, 3.63) is 45.7 Å². The van der Waals surface area contributed by atoms with Crippen molar-refractivity contribution in [2.75, 3.05) is 5.32 Å². The molecule has 4 nitrogen and oxygen atoms in total. The molecule has 2 rings (SSSR count). The van der Waals surface area contributed by atoms with Crippen LogP contribution in [0.5, 0.6) is 0 Å². The van der Waals surface area contributed by atoms with Crippen LogP contribution in [0, 0.1) is 13.8 Å². The number of hydrogen-bond acceptors (Lipinski definition) is 2. The minimum Gasteiger partial charge on any atom is -0.321 e. The highest BCUT2D eigenvalue weighted by molar-refractivity contribution is 9.10. The van der Waals surface area contributed by atoms with E-state index in [-0.39, 0.29) is 5.91 Å². The Labute approximate surface area is 114 Å². The van der Waals surface area contributed by atoms with Crippen molar-refractivity contribution >= 4 is 27.5 Å². The maximum Gasteiger partial charge on any atom is 0.277 e. The monoisotopic (exact) mass is 307 g/mol. The predicted molar refractivity (Wildman–Crippen MR) is 74.8 cm³/mol. The van der Waals surface area contributed by atoms with Gasteiger partial charge in [-0.15, -0.1) is 0 Å². The van der Waals surface area contributed by atoms with E-state index in [1.165, 1.54) is 0 Å². The quantitative estimate of drug-likeness (QED) is 0.927. The lowest BCUT2D eigenvalue weighted by atomic mass is 10.1. The van der Waals surface area contributed by atoms with E-state index in [4.69, 9.17) is 0 Å². The number of hydrogen-bond donors (Lipinski definition) is 1. The molecule has 1 aromatic carbocycles. The predicted octanol–water partition coefficient (Wildman–Crippen LogP) is 3.05. The summed E-state index contributed by atoms with van der Waals surface area (Å²) in [4.78, 5) is 12.1. The van der Waals surface area contributed by atoms with E-state index in [9.17, 15) is 4.79 Å². The molecule has 1 amide bonds. The van der Waals surface area contributed by atoms with Crippen molar-refractivity contribution < 1.29 is 4.79 Å². The van der Waals surface area contributed by atoms with E-state index in [0.29, 0.717) is 10.2 Å². The van der Waals surface area contributed by atoms with Gasteiger partial charge in [0, 0.05) is 18.9 Å². The van der Waals surface area contributed by atoms with Crippen molar-refractivity contribution in [1.82, 2.24) is 9.78 Å². The first-order valence-electron chi connectivity index (χ1n) is 5.54. The molecule has 1 aromatic heterocycles. The van der Waals surface area contributed by atoms with E-state index < -0.39 is 0 Å². The second kappa shape index (κ2) is 4.94. The number of aromatic nitrogens is 2. The van der Waals surface area contributed by atoms with Crippen molar-refractivity contribution in [2.24, 2.45) is 7.05 Å². The van der Waals surface area contributed by atoms with Crippen LogP contribution in [-0.2, 0) is 7.05 Å². The number of nitrogens with zero attached hydrogens (tertiary/aromatic N) is 2. The van der Waals surface area contributed by atoms with Crippen LogP contribution in [0.4, 0.5) is 5.69 Å². The summed E-state index contributed by atoms with van der Waals surface area (Å²) in [7, 11) is 1.78. The van der Waals surface area contributed by atoms with Crippen LogP contribution in [0.15, 0.2) is 28.9 Å². The largest absolute Gasteiger partial charge is 0.321 e. The lowest BCUT2D eigenvalue weighted by Crippen LogP contribution is -2.13. The number of halogens is 1. The van der Waals surface area contributed by atoms with Crippen molar-refractivity contribution in [1.29, 1.82) is 0 Å². The molecule has 2 aromatic rings. The van der Waals surface area contributed by atoms with Gasteiger partial charge in [0.15, 0.2) is 5.69 Å². The Kier molecular flexibility index (Phi) is 3.52. The van der Waals surface area contributed by atoms with Crippen LogP contribution >= 0.6 is 15.9 Å². The van der Waals surface area contributed by atoms with E-state index in [2.05, 4.69) is 32.4 Å². The molecule has 0 radical (unpaired) electrons. The first-order valence-corrected chi connectivity index (χ1v) is 6.34. The van der Waals surface area contributed by atoms with Gasteiger partial charge in [-0.2, -0.15) is 5.10 Å². The fourth-order valence-corrected chi connectivity index (χ4v) is 2.41. The van der Waals surface area contributed by atoms with Gasteiger partial charge in [0.25, 0.3) is 5.91 Å². The molecule has 0 spiro atoms. The number of amides is 1. The Hall–Kier alpha value is -1.62. The highest BCUT2D eigenvalue weighted by Crippen LogP contribution is 2.18. The summed E-state index contributed by atoms with van der Waals surface area (Å²) in [6.07, 6.45) is 1.75. The SMILES string of the molecule is Cc1cc(C)cc(NC(=O)c2nn(C)cc2Br)c1. The highest BCUT2D eigenvalue weighted by atomic mass is 79.9. The molecule has 18 heavy (non-hydrogen) atoms. The number of carbonyl (C=O) groups is 1. The molecule has 94 valence electrons.